The van der Waals surface area contributed by atoms with Gasteiger partial charge in [-0.3, -0.25) is 19.2 Å². The highest BCUT2D eigenvalue weighted by atomic mass is 16.1. The minimum atomic E-state index is 0.0994. The van der Waals surface area contributed by atoms with Crippen molar-refractivity contribution in [2.24, 2.45) is 5.92 Å². The summed E-state index contributed by atoms with van der Waals surface area (Å²) in [6, 6.07) is 12.6. The van der Waals surface area contributed by atoms with Crippen molar-refractivity contribution in [3.05, 3.63) is 75.9 Å². The van der Waals surface area contributed by atoms with Crippen molar-refractivity contribution in [2.45, 2.75) is 131 Å². The SMILES string of the molecule is CCCCCCCC(=CC(CCCC)Cc1ccc(CC(C)=O)c(CC(C)=O)c1)c1ccc(CC(C)=O)c(CC(C)=O)c1. The predicted octanol–water partition coefficient (Wildman–Crippen LogP) is 9.01. The van der Waals surface area contributed by atoms with Gasteiger partial charge in [-0.1, -0.05) is 94.8 Å². The second kappa shape index (κ2) is 19.2. The second-order valence-corrected chi connectivity index (χ2v) is 12.6. The van der Waals surface area contributed by atoms with Crippen LogP contribution in [-0.2, 0) is 51.3 Å². The van der Waals surface area contributed by atoms with E-state index in [-0.39, 0.29) is 23.1 Å². The summed E-state index contributed by atoms with van der Waals surface area (Å²) in [6.45, 7) is 10.9. The molecule has 2 aromatic rings. The van der Waals surface area contributed by atoms with Crippen LogP contribution in [0.1, 0.15) is 133 Å². The van der Waals surface area contributed by atoms with Gasteiger partial charge in [-0.2, -0.15) is 0 Å². The first-order chi connectivity index (χ1) is 20.5. The first-order valence-electron chi connectivity index (χ1n) is 16.4. The molecule has 0 spiro atoms. The highest BCUT2D eigenvalue weighted by molar-refractivity contribution is 5.83. The number of Topliss-reactive ketones (excluding diaryl/α,β-unsaturated/α-hetero) is 4. The molecule has 0 N–H and O–H groups in total. The van der Waals surface area contributed by atoms with Crippen molar-refractivity contribution >= 4 is 28.7 Å². The van der Waals surface area contributed by atoms with Crippen molar-refractivity contribution in [3.63, 3.8) is 0 Å². The molecule has 234 valence electrons. The largest absolute Gasteiger partial charge is 0.300 e. The van der Waals surface area contributed by atoms with E-state index in [1.54, 1.807) is 27.7 Å². The summed E-state index contributed by atoms with van der Waals surface area (Å²) in [5, 5.41) is 0. The quantitative estimate of drug-likeness (QED) is 0.137. The van der Waals surface area contributed by atoms with Crippen LogP contribution in [0, 0.1) is 5.92 Å². The summed E-state index contributed by atoms with van der Waals surface area (Å²) in [4.78, 5) is 48.0. The Labute approximate surface area is 260 Å². The van der Waals surface area contributed by atoms with Gasteiger partial charge >= 0.3 is 0 Å². The fraction of sp³-hybridized carbons (Fsp3) is 0.538. The summed E-state index contributed by atoms with van der Waals surface area (Å²) in [5.74, 6) is 0.722. The molecule has 0 aromatic heterocycles. The van der Waals surface area contributed by atoms with Gasteiger partial charge in [0, 0.05) is 25.7 Å². The molecule has 4 heteroatoms. The molecule has 0 bridgehead atoms. The molecule has 0 fully saturated rings. The van der Waals surface area contributed by atoms with Crippen LogP contribution in [0.4, 0.5) is 0 Å². The van der Waals surface area contributed by atoms with E-state index in [0.717, 1.165) is 66.3 Å². The molecule has 0 saturated carbocycles. The molecular formula is C39H54O4. The highest BCUT2D eigenvalue weighted by Crippen LogP contribution is 2.30. The average molecular weight is 587 g/mol. The van der Waals surface area contributed by atoms with Gasteiger partial charge in [-0.15, -0.1) is 0 Å². The third kappa shape index (κ3) is 13.8. The third-order valence-electron chi connectivity index (χ3n) is 8.02. The number of allylic oxidation sites excluding steroid dienone is 2. The van der Waals surface area contributed by atoms with Gasteiger partial charge in [-0.05, 0) is 98.2 Å². The van der Waals surface area contributed by atoms with E-state index in [4.69, 9.17) is 0 Å². The first-order valence-corrected chi connectivity index (χ1v) is 16.4. The van der Waals surface area contributed by atoms with Crippen LogP contribution in [0.15, 0.2) is 42.5 Å². The third-order valence-corrected chi connectivity index (χ3v) is 8.02. The van der Waals surface area contributed by atoms with Crippen molar-refractivity contribution in [2.75, 3.05) is 0 Å². The fourth-order valence-electron chi connectivity index (χ4n) is 5.92. The zero-order chi connectivity index (χ0) is 31.8. The first kappa shape index (κ1) is 36.1. The van der Waals surface area contributed by atoms with Gasteiger partial charge in [-0.25, -0.2) is 0 Å². The predicted molar refractivity (Wildman–Crippen MR) is 178 cm³/mol. The van der Waals surface area contributed by atoms with E-state index < -0.39 is 0 Å². The number of carbonyl (C=O) groups excluding carboxylic acids is 4. The average Bonchev–Trinajstić information content (AvgIpc) is 2.92. The number of rotatable bonds is 21. The summed E-state index contributed by atoms with van der Waals surface area (Å²) in [6.07, 6.45) is 15.0. The Morgan fingerprint density at radius 2 is 1.12 bits per heavy atom. The maximum absolute atomic E-state index is 12.1. The van der Waals surface area contributed by atoms with E-state index in [2.05, 4.69) is 44.2 Å². The van der Waals surface area contributed by atoms with Gasteiger partial charge in [0.25, 0.3) is 0 Å². The van der Waals surface area contributed by atoms with Crippen molar-refractivity contribution in [1.82, 2.24) is 0 Å². The Morgan fingerprint density at radius 1 is 0.605 bits per heavy atom. The van der Waals surface area contributed by atoms with Gasteiger partial charge in [0.15, 0.2) is 0 Å². The lowest BCUT2D eigenvalue weighted by molar-refractivity contribution is -0.117. The maximum atomic E-state index is 12.1. The minimum Gasteiger partial charge on any atom is -0.300 e. The number of ketones is 4. The normalized spacial score (nSPS) is 12.3. The monoisotopic (exact) mass is 586 g/mol. The fourth-order valence-corrected chi connectivity index (χ4v) is 5.92. The molecule has 2 aromatic carbocycles. The zero-order valence-electron chi connectivity index (χ0n) is 27.7. The Kier molecular flexibility index (Phi) is 16.1. The lowest BCUT2D eigenvalue weighted by Gasteiger charge is -2.19. The molecular weight excluding hydrogens is 532 g/mol. The molecule has 43 heavy (non-hydrogen) atoms. The Hall–Kier alpha value is -3.14. The molecule has 0 saturated heterocycles. The molecule has 4 nitrogen and oxygen atoms in total. The van der Waals surface area contributed by atoms with Crippen molar-refractivity contribution < 1.29 is 19.2 Å². The smallest absolute Gasteiger partial charge is 0.134 e. The molecule has 0 aliphatic carbocycles. The van der Waals surface area contributed by atoms with Crippen LogP contribution in [0.25, 0.3) is 5.57 Å². The molecule has 0 radical (unpaired) electrons. The van der Waals surface area contributed by atoms with Gasteiger partial charge in [0.05, 0.1) is 0 Å². The molecule has 0 heterocycles. The number of unbranched alkanes of at least 4 members (excludes halogenated alkanes) is 5. The summed E-state index contributed by atoms with van der Waals surface area (Å²) < 4.78 is 0. The van der Waals surface area contributed by atoms with E-state index in [9.17, 15) is 19.2 Å². The summed E-state index contributed by atoms with van der Waals surface area (Å²) in [7, 11) is 0. The zero-order valence-corrected chi connectivity index (χ0v) is 27.7. The van der Waals surface area contributed by atoms with Crippen LogP contribution in [-0.4, -0.2) is 23.1 Å². The lowest BCUT2D eigenvalue weighted by Crippen LogP contribution is -2.09. The van der Waals surface area contributed by atoms with Crippen LogP contribution in [0.5, 0.6) is 0 Å². The van der Waals surface area contributed by atoms with Gasteiger partial charge < -0.3 is 0 Å². The molecule has 0 aliphatic heterocycles. The highest BCUT2D eigenvalue weighted by Gasteiger charge is 2.16. The lowest BCUT2D eigenvalue weighted by atomic mass is 9.86. The molecule has 1 unspecified atom stereocenters. The minimum absolute atomic E-state index is 0.0994. The van der Waals surface area contributed by atoms with Crippen LogP contribution >= 0.6 is 0 Å². The number of benzene rings is 2. The van der Waals surface area contributed by atoms with E-state index in [1.165, 1.54) is 36.8 Å². The van der Waals surface area contributed by atoms with Crippen LogP contribution < -0.4 is 0 Å². The van der Waals surface area contributed by atoms with Crippen LogP contribution in [0.2, 0.25) is 0 Å². The second-order valence-electron chi connectivity index (χ2n) is 12.6. The summed E-state index contributed by atoms with van der Waals surface area (Å²) in [5.41, 5.74) is 7.46. The Morgan fingerprint density at radius 3 is 1.67 bits per heavy atom. The molecule has 1 atom stereocenters. The summed E-state index contributed by atoms with van der Waals surface area (Å²) >= 11 is 0. The van der Waals surface area contributed by atoms with Gasteiger partial charge in [0.1, 0.15) is 23.1 Å². The molecule has 2 rings (SSSR count). The van der Waals surface area contributed by atoms with E-state index in [1.807, 2.05) is 12.1 Å². The Bertz CT molecular complexity index is 1270. The number of carbonyl (C=O) groups is 4. The topological polar surface area (TPSA) is 68.3 Å². The Balaban J connectivity index is 2.52. The standard InChI is InChI=1S/C39H54O4/c1-7-9-11-12-13-15-34(37-19-18-36(21-29(4)41)39(27-37)23-31(6)43)25-32(14-10-8-2)24-33-16-17-35(20-28(3)40)38(26-33)22-30(5)42/h16-19,25-27,32H,7-15,20-24H2,1-6H3. The van der Waals surface area contributed by atoms with E-state index in [0.29, 0.717) is 31.6 Å². The van der Waals surface area contributed by atoms with Crippen molar-refractivity contribution in [1.29, 1.82) is 0 Å². The molecule has 0 amide bonds. The molecule has 0 aliphatic rings. The van der Waals surface area contributed by atoms with Gasteiger partial charge in [0.2, 0.25) is 0 Å². The number of hydrogen-bond donors (Lipinski definition) is 0. The number of hydrogen-bond acceptors (Lipinski definition) is 4. The maximum Gasteiger partial charge on any atom is 0.134 e. The van der Waals surface area contributed by atoms with Crippen LogP contribution in [0.3, 0.4) is 0 Å². The van der Waals surface area contributed by atoms with Crippen molar-refractivity contribution in [3.8, 4) is 0 Å². The van der Waals surface area contributed by atoms with E-state index >= 15 is 0 Å².